The van der Waals surface area contributed by atoms with Gasteiger partial charge in [0.15, 0.2) is 11.5 Å². The van der Waals surface area contributed by atoms with E-state index >= 15 is 0 Å². The number of hydrogen-bond donors (Lipinski definition) is 2. The maximum Gasteiger partial charge on any atom is 0.407 e. The van der Waals surface area contributed by atoms with Crippen molar-refractivity contribution in [1.29, 1.82) is 0 Å². The fourth-order valence-electron chi connectivity index (χ4n) is 3.64. The Morgan fingerprint density at radius 1 is 1.28 bits per heavy atom. The molecule has 7 nitrogen and oxygen atoms in total. The van der Waals surface area contributed by atoms with E-state index in [1.165, 1.54) is 0 Å². The fourth-order valence-corrected chi connectivity index (χ4v) is 3.64. The molecule has 1 amide bonds. The van der Waals surface area contributed by atoms with E-state index in [4.69, 9.17) is 18.9 Å². The van der Waals surface area contributed by atoms with Gasteiger partial charge in [-0.3, -0.25) is 0 Å². The smallest absolute Gasteiger partial charge is 0.407 e. The summed E-state index contributed by atoms with van der Waals surface area (Å²) in [6.07, 6.45) is -0.735. The second-order valence-electron chi connectivity index (χ2n) is 7.76. The van der Waals surface area contributed by atoms with Gasteiger partial charge in [-0.15, -0.1) is 0 Å². The summed E-state index contributed by atoms with van der Waals surface area (Å²) < 4.78 is 21.7. The number of aliphatic hydroxyl groups is 1. The second kappa shape index (κ2) is 5.78. The van der Waals surface area contributed by atoms with E-state index in [0.29, 0.717) is 17.9 Å². The molecule has 2 fully saturated rings. The SMILES string of the molecule is CC(C)(C)OC(=O)N[C@H]1C[C@H]2O[C@H]2[C@H](O)[C@@H]1c1ccc2c(c1)OCO2. The van der Waals surface area contributed by atoms with Crippen molar-refractivity contribution >= 4 is 6.09 Å². The topological polar surface area (TPSA) is 89.6 Å². The number of rotatable bonds is 2. The highest BCUT2D eigenvalue weighted by Gasteiger charge is 2.55. The van der Waals surface area contributed by atoms with Gasteiger partial charge >= 0.3 is 6.09 Å². The van der Waals surface area contributed by atoms with Crippen LogP contribution in [-0.2, 0) is 9.47 Å². The molecule has 0 unspecified atom stereocenters. The number of nitrogens with one attached hydrogen (secondary N) is 1. The van der Waals surface area contributed by atoms with Crippen LogP contribution in [0.25, 0.3) is 0 Å². The van der Waals surface area contributed by atoms with Crippen molar-refractivity contribution in [2.24, 2.45) is 0 Å². The zero-order valence-corrected chi connectivity index (χ0v) is 14.5. The highest BCUT2D eigenvalue weighted by atomic mass is 16.7. The number of alkyl carbamates (subject to hydrolysis) is 1. The van der Waals surface area contributed by atoms with Crippen LogP contribution in [0.1, 0.15) is 38.7 Å². The lowest BCUT2D eigenvalue weighted by Crippen LogP contribution is -2.50. The van der Waals surface area contributed by atoms with Gasteiger partial charge in [-0.25, -0.2) is 4.79 Å². The van der Waals surface area contributed by atoms with Crippen molar-refractivity contribution in [3.05, 3.63) is 23.8 Å². The first-order valence-electron chi connectivity index (χ1n) is 8.54. The lowest BCUT2D eigenvalue weighted by Gasteiger charge is -2.34. The molecule has 25 heavy (non-hydrogen) atoms. The first kappa shape index (κ1) is 16.5. The lowest BCUT2D eigenvalue weighted by molar-refractivity contribution is 0.0428. The maximum atomic E-state index is 12.2. The van der Waals surface area contributed by atoms with Crippen LogP contribution in [-0.4, -0.2) is 47.9 Å². The van der Waals surface area contributed by atoms with Gasteiger partial charge < -0.3 is 29.4 Å². The predicted octanol–water partition coefficient (Wildman–Crippen LogP) is 1.92. The van der Waals surface area contributed by atoms with Crippen LogP contribution >= 0.6 is 0 Å². The molecule has 1 aromatic carbocycles. The third-order valence-corrected chi connectivity index (χ3v) is 4.73. The first-order valence-corrected chi connectivity index (χ1v) is 8.54. The molecule has 0 aromatic heterocycles. The van der Waals surface area contributed by atoms with Gasteiger partial charge in [0.25, 0.3) is 0 Å². The molecule has 2 aliphatic heterocycles. The largest absolute Gasteiger partial charge is 0.454 e. The highest BCUT2D eigenvalue weighted by molar-refractivity contribution is 5.68. The Morgan fingerprint density at radius 2 is 2.04 bits per heavy atom. The fraction of sp³-hybridized carbons (Fsp3) is 0.611. The van der Waals surface area contributed by atoms with E-state index in [0.717, 1.165) is 5.56 Å². The molecule has 0 bridgehead atoms. The monoisotopic (exact) mass is 349 g/mol. The number of aliphatic hydroxyl groups excluding tert-OH is 1. The van der Waals surface area contributed by atoms with Gasteiger partial charge in [-0.1, -0.05) is 6.07 Å². The first-order chi connectivity index (χ1) is 11.8. The molecule has 0 spiro atoms. The zero-order chi connectivity index (χ0) is 17.8. The number of carbonyl (C=O) groups is 1. The number of ether oxygens (including phenoxy) is 4. The summed E-state index contributed by atoms with van der Waals surface area (Å²) in [5.74, 6) is 1.04. The van der Waals surface area contributed by atoms with E-state index in [1.807, 2.05) is 39.0 Å². The second-order valence-corrected chi connectivity index (χ2v) is 7.76. The molecule has 4 rings (SSSR count). The third-order valence-electron chi connectivity index (χ3n) is 4.73. The van der Waals surface area contributed by atoms with E-state index in [1.54, 1.807) is 0 Å². The Labute approximate surface area is 146 Å². The van der Waals surface area contributed by atoms with Crippen molar-refractivity contribution < 1.29 is 28.8 Å². The Bertz CT molecular complexity index is 685. The Morgan fingerprint density at radius 3 is 2.80 bits per heavy atom. The molecule has 5 atom stereocenters. The van der Waals surface area contributed by atoms with Crippen LogP contribution < -0.4 is 14.8 Å². The number of carbonyl (C=O) groups excluding carboxylic acids is 1. The van der Waals surface area contributed by atoms with Gasteiger partial charge in [0.05, 0.1) is 12.2 Å². The summed E-state index contributed by atoms with van der Waals surface area (Å²) in [4.78, 5) is 12.2. The molecule has 1 saturated heterocycles. The minimum absolute atomic E-state index is 0.0137. The van der Waals surface area contributed by atoms with Gasteiger partial charge in [0, 0.05) is 12.0 Å². The van der Waals surface area contributed by atoms with Crippen molar-refractivity contribution in [1.82, 2.24) is 5.32 Å². The Kier molecular flexibility index (Phi) is 3.81. The average molecular weight is 349 g/mol. The molecule has 2 heterocycles. The van der Waals surface area contributed by atoms with E-state index < -0.39 is 17.8 Å². The number of epoxide rings is 1. The third kappa shape index (κ3) is 3.26. The van der Waals surface area contributed by atoms with Crippen LogP contribution in [0.15, 0.2) is 18.2 Å². The van der Waals surface area contributed by atoms with Crippen molar-refractivity contribution in [2.75, 3.05) is 6.79 Å². The molecule has 3 aliphatic rings. The molecule has 1 saturated carbocycles. The summed E-state index contributed by atoms with van der Waals surface area (Å²) in [5.41, 5.74) is 0.302. The molecular formula is C18H23NO6. The summed E-state index contributed by atoms with van der Waals surface area (Å²) in [5, 5.41) is 13.6. The number of benzene rings is 1. The van der Waals surface area contributed by atoms with E-state index in [9.17, 15) is 9.90 Å². The Balaban J connectivity index is 1.57. The molecule has 1 aromatic rings. The maximum absolute atomic E-state index is 12.2. The van der Waals surface area contributed by atoms with E-state index in [2.05, 4.69) is 5.32 Å². The molecule has 7 heteroatoms. The van der Waals surface area contributed by atoms with E-state index in [-0.39, 0.29) is 31.0 Å². The minimum atomic E-state index is -0.695. The summed E-state index contributed by atoms with van der Waals surface area (Å²) >= 11 is 0. The zero-order valence-electron chi connectivity index (χ0n) is 14.5. The van der Waals surface area contributed by atoms with Crippen LogP contribution in [0.5, 0.6) is 11.5 Å². The summed E-state index contributed by atoms with van der Waals surface area (Å²) in [6.45, 7) is 5.65. The van der Waals surface area contributed by atoms with Gasteiger partial charge in [0.1, 0.15) is 11.7 Å². The van der Waals surface area contributed by atoms with Crippen LogP contribution in [0.2, 0.25) is 0 Å². The molecular weight excluding hydrogens is 326 g/mol. The average Bonchev–Trinajstić information content (AvgIpc) is 3.13. The normalized spacial score (nSPS) is 32.7. The van der Waals surface area contributed by atoms with Gasteiger partial charge in [-0.2, -0.15) is 0 Å². The van der Waals surface area contributed by atoms with Crippen LogP contribution in [0, 0.1) is 0 Å². The lowest BCUT2D eigenvalue weighted by atomic mass is 9.78. The number of fused-ring (bicyclic) bond motifs is 2. The minimum Gasteiger partial charge on any atom is -0.454 e. The van der Waals surface area contributed by atoms with Crippen molar-refractivity contribution in [3.8, 4) is 11.5 Å². The van der Waals surface area contributed by atoms with Gasteiger partial charge in [-0.05, 0) is 44.9 Å². The van der Waals surface area contributed by atoms with Gasteiger partial charge in [0.2, 0.25) is 6.79 Å². The molecule has 1 aliphatic carbocycles. The number of amides is 1. The molecule has 0 radical (unpaired) electrons. The predicted molar refractivity (Wildman–Crippen MR) is 87.7 cm³/mol. The van der Waals surface area contributed by atoms with Crippen LogP contribution in [0.3, 0.4) is 0 Å². The highest BCUT2D eigenvalue weighted by Crippen LogP contribution is 2.46. The standard InChI is InChI=1S/C18H23NO6/c1-18(2,3)25-17(21)19-10-7-13-16(24-13)15(20)14(10)9-4-5-11-12(6-9)23-8-22-11/h4-6,10,13-16,20H,7-8H2,1-3H3,(H,19,21)/t10-,13+,14+,15+,16+/m0/s1. The summed E-state index contributed by atoms with van der Waals surface area (Å²) in [7, 11) is 0. The quantitative estimate of drug-likeness (QED) is 0.793. The molecule has 136 valence electrons. The van der Waals surface area contributed by atoms with Crippen LogP contribution in [0.4, 0.5) is 4.79 Å². The number of hydrogen-bond acceptors (Lipinski definition) is 6. The van der Waals surface area contributed by atoms with Crippen molar-refractivity contribution in [3.63, 3.8) is 0 Å². The Hall–Kier alpha value is -1.99. The van der Waals surface area contributed by atoms with Crippen molar-refractivity contribution in [2.45, 2.75) is 63.1 Å². The molecule has 2 N–H and O–H groups in total. The summed E-state index contributed by atoms with van der Waals surface area (Å²) in [6, 6.07) is 5.31.